The number of hydrogen-bond donors (Lipinski definition) is 5. The van der Waals surface area contributed by atoms with Crippen LogP contribution in [0.2, 0.25) is 0 Å². The largest absolute Gasteiger partial charge is 0.393 e. The maximum Gasteiger partial charge on any atom is 0.186 e. The average Bonchev–Trinajstić information content (AvgIpc) is 3.38. The number of aliphatic hydroxyl groups excluding tert-OH is 4. The molecule has 8 fully saturated rings. The molecule has 9 heteroatoms. The molecule has 3 aliphatic heterocycles. The first-order valence-electron chi connectivity index (χ1n) is 17.4. The number of rotatable bonds is 3. The van der Waals surface area contributed by atoms with Gasteiger partial charge in [0.2, 0.25) is 0 Å². The highest BCUT2D eigenvalue weighted by atomic mass is 16.8. The summed E-state index contributed by atoms with van der Waals surface area (Å²) in [6.07, 6.45) is 1.70. The van der Waals surface area contributed by atoms with E-state index < -0.39 is 42.1 Å². The van der Waals surface area contributed by atoms with E-state index in [9.17, 15) is 25.5 Å². The molecule has 2 bridgehead atoms. The molecule has 250 valence electrons. The van der Waals surface area contributed by atoms with E-state index in [2.05, 4.69) is 34.6 Å². The van der Waals surface area contributed by atoms with E-state index in [1.54, 1.807) is 0 Å². The van der Waals surface area contributed by atoms with Gasteiger partial charge in [-0.3, -0.25) is 0 Å². The lowest BCUT2D eigenvalue weighted by atomic mass is 9.41. The second-order valence-corrected chi connectivity index (χ2v) is 18.4. The summed E-state index contributed by atoms with van der Waals surface area (Å²) in [5.41, 5.74) is -1.28. The van der Waals surface area contributed by atoms with E-state index >= 15 is 0 Å². The van der Waals surface area contributed by atoms with Crippen LogP contribution >= 0.6 is 0 Å². The maximum absolute atomic E-state index is 12.4. The third-order valence-corrected chi connectivity index (χ3v) is 15.7. The van der Waals surface area contributed by atoms with Crippen LogP contribution in [-0.4, -0.2) is 92.5 Å². The Morgan fingerprint density at radius 1 is 0.795 bits per heavy atom. The molecular weight excluding hydrogens is 564 g/mol. The molecule has 5 saturated carbocycles. The quantitative estimate of drug-likeness (QED) is 0.301. The fraction of sp³-hybridized carbons (Fsp3) is 1.00. The van der Waals surface area contributed by atoms with Crippen LogP contribution in [0.1, 0.15) is 99.8 Å². The van der Waals surface area contributed by atoms with Gasteiger partial charge in [-0.05, 0) is 104 Å². The Morgan fingerprint density at radius 2 is 1.52 bits per heavy atom. The van der Waals surface area contributed by atoms with E-state index in [4.69, 9.17) is 18.9 Å². The van der Waals surface area contributed by atoms with Crippen molar-refractivity contribution in [2.45, 2.75) is 160 Å². The van der Waals surface area contributed by atoms with Gasteiger partial charge in [0.25, 0.3) is 0 Å². The Hall–Kier alpha value is -0.360. The lowest BCUT2D eigenvalue weighted by Gasteiger charge is -2.64. The molecule has 44 heavy (non-hydrogen) atoms. The zero-order valence-corrected chi connectivity index (χ0v) is 27.7. The molecule has 17 atom stereocenters. The molecule has 3 spiro atoms. The molecule has 0 radical (unpaired) electrons. The lowest BCUT2D eigenvalue weighted by molar-refractivity contribution is -0.304. The first kappa shape index (κ1) is 30.9. The lowest BCUT2D eigenvalue weighted by Crippen LogP contribution is -2.63. The van der Waals surface area contributed by atoms with Gasteiger partial charge in [-0.1, -0.05) is 34.6 Å². The monoisotopic (exact) mass is 620 g/mol. The topological polar surface area (TPSA) is 138 Å². The van der Waals surface area contributed by atoms with Crippen molar-refractivity contribution in [2.24, 2.45) is 50.7 Å². The Balaban J connectivity index is 1.10. The van der Waals surface area contributed by atoms with E-state index in [1.807, 2.05) is 13.8 Å². The van der Waals surface area contributed by atoms with Gasteiger partial charge in [0, 0.05) is 12.3 Å². The summed E-state index contributed by atoms with van der Waals surface area (Å²) in [5, 5.41) is 54.2. The molecule has 3 saturated heterocycles. The minimum Gasteiger partial charge on any atom is -0.393 e. The molecule has 5 N–H and O–H groups in total. The van der Waals surface area contributed by atoms with Crippen molar-refractivity contribution in [1.82, 2.24) is 0 Å². The molecule has 0 unspecified atom stereocenters. The van der Waals surface area contributed by atoms with Crippen LogP contribution in [0.5, 0.6) is 0 Å². The number of hydrogen-bond acceptors (Lipinski definition) is 9. The summed E-state index contributed by atoms with van der Waals surface area (Å²) < 4.78 is 25.9. The van der Waals surface area contributed by atoms with Crippen molar-refractivity contribution in [3.8, 4) is 0 Å². The third kappa shape index (κ3) is 3.53. The van der Waals surface area contributed by atoms with Gasteiger partial charge in [-0.2, -0.15) is 0 Å². The van der Waals surface area contributed by atoms with Crippen molar-refractivity contribution in [3.05, 3.63) is 0 Å². The molecule has 8 aliphatic rings. The van der Waals surface area contributed by atoms with Crippen LogP contribution in [0.15, 0.2) is 0 Å². The molecular formula is C35H56O9. The summed E-state index contributed by atoms with van der Waals surface area (Å²) in [6, 6.07) is 0. The predicted molar refractivity (Wildman–Crippen MR) is 159 cm³/mol. The van der Waals surface area contributed by atoms with Crippen molar-refractivity contribution >= 4 is 0 Å². The maximum atomic E-state index is 12.4. The second kappa shape index (κ2) is 9.00. The first-order chi connectivity index (χ1) is 20.4. The van der Waals surface area contributed by atoms with Crippen molar-refractivity contribution < 1.29 is 44.5 Å². The average molecular weight is 621 g/mol. The van der Waals surface area contributed by atoms with Gasteiger partial charge >= 0.3 is 0 Å². The van der Waals surface area contributed by atoms with Gasteiger partial charge < -0.3 is 44.5 Å². The van der Waals surface area contributed by atoms with Gasteiger partial charge in [-0.25, -0.2) is 0 Å². The summed E-state index contributed by atoms with van der Waals surface area (Å²) >= 11 is 0. The minimum atomic E-state index is -1.31. The van der Waals surface area contributed by atoms with Crippen LogP contribution in [0.25, 0.3) is 0 Å². The zero-order valence-electron chi connectivity index (χ0n) is 27.7. The number of fused-ring (bicyclic) bond motifs is 4. The van der Waals surface area contributed by atoms with Gasteiger partial charge in [0.1, 0.15) is 24.4 Å². The van der Waals surface area contributed by atoms with E-state index in [0.717, 1.165) is 44.9 Å². The molecule has 0 aromatic carbocycles. The number of aliphatic hydroxyl groups is 5. The fourth-order valence-electron chi connectivity index (χ4n) is 14.0. The van der Waals surface area contributed by atoms with Crippen molar-refractivity contribution in [2.75, 3.05) is 6.61 Å². The molecule has 3 heterocycles. The summed E-state index contributed by atoms with van der Waals surface area (Å²) in [6.45, 7) is 15.4. The Labute approximate surface area is 262 Å². The van der Waals surface area contributed by atoms with Crippen LogP contribution in [0.3, 0.4) is 0 Å². The molecule has 9 nitrogen and oxygen atoms in total. The number of ether oxygens (including phenoxy) is 4. The minimum absolute atomic E-state index is 0.0465. The summed E-state index contributed by atoms with van der Waals surface area (Å²) in [7, 11) is 0. The van der Waals surface area contributed by atoms with Crippen LogP contribution < -0.4 is 0 Å². The molecule has 0 aromatic rings. The Kier molecular flexibility index (Phi) is 6.33. The Morgan fingerprint density at radius 3 is 2.23 bits per heavy atom. The van der Waals surface area contributed by atoms with Gasteiger partial charge in [-0.15, -0.1) is 0 Å². The van der Waals surface area contributed by atoms with E-state index in [0.29, 0.717) is 12.3 Å². The first-order valence-corrected chi connectivity index (χ1v) is 17.4. The van der Waals surface area contributed by atoms with Crippen molar-refractivity contribution in [1.29, 1.82) is 0 Å². The Bertz CT molecular complexity index is 1200. The van der Waals surface area contributed by atoms with Crippen LogP contribution in [-0.2, 0) is 18.9 Å². The summed E-state index contributed by atoms with van der Waals surface area (Å²) in [5.74, 6) is 0.319. The highest BCUT2D eigenvalue weighted by Gasteiger charge is 2.87. The molecule has 0 amide bonds. The highest BCUT2D eigenvalue weighted by Crippen LogP contribution is 2.90. The normalized spacial score (nSPS) is 62.2. The fourth-order valence-corrected chi connectivity index (χ4v) is 14.0. The van der Waals surface area contributed by atoms with Crippen molar-refractivity contribution in [3.63, 3.8) is 0 Å². The molecule has 5 aliphatic carbocycles. The zero-order chi connectivity index (χ0) is 31.6. The summed E-state index contributed by atoms with van der Waals surface area (Å²) in [4.78, 5) is 0. The van der Waals surface area contributed by atoms with Crippen LogP contribution in [0, 0.1) is 50.7 Å². The standard InChI is InChI=1S/C35H56O9/c1-17-12-20-27(30(4,5)40)44-35(43-20)15-32(7)26-18(36)13-21-29(2,3)22(42-28-24(39)23(38)19(37)14-41-28)8-9-33(21)16-34(26,33)11-10-31(32,6)25(17)35/h17-28,36-40H,8-16H2,1-7H3/t17-,18+,19-,20-,21+,22+,23+,24-,25-,26+,27+,28+,31-,32+,33-,34+,35-/m1/s1. The van der Waals surface area contributed by atoms with Crippen LogP contribution in [0.4, 0.5) is 0 Å². The molecule has 8 rings (SSSR count). The predicted octanol–water partition coefficient (Wildman–Crippen LogP) is 3.12. The van der Waals surface area contributed by atoms with Gasteiger partial charge in [0.15, 0.2) is 12.1 Å². The van der Waals surface area contributed by atoms with E-state index in [-0.39, 0.29) is 69.7 Å². The molecule has 0 aromatic heterocycles. The van der Waals surface area contributed by atoms with Gasteiger partial charge in [0.05, 0.1) is 30.5 Å². The third-order valence-electron chi connectivity index (χ3n) is 15.7. The SMILES string of the molecule is C[C@@H]1C[C@H]2O[C@]3(C[C@@]4(C)[C@@H]5[C@@H](O)C[C@H]6C(C)(C)[C@@H](O[C@@H]7OC[C@@H](O)[C@H](O)[C@H]7O)CC[C@@]67C[C@@]57CC[C@]4(C)[C@@H]13)O[C@@H]2C(C)(C)O. The second-order valence-electron chi connectivity index (χ2n) is 18.4. The highest BCUT2D eigenvalue weighted by molar-refractivity contribution is 5.34. The smallest absolute Gasteiger partial charge is 0.186 e. The van der Waals surface area contributed by atoms with E-state index in [1.165, 1.54) is 0 Å².